The van der Waals surface area contributed by atoms with E-state index in [0.717, 1.165) is 43.0 Å². The van der Waals surface area contributed by atoms with Gasteiger partial charge in [-0.2, -0.15) is 0 Å². The topological polar surface area (TPSA) is 21.7 Å². The summed E-state index contributed by atoms with van der Waals surface area (Å²) in [5.41, 5.74) is 2.25. The molecular formula is C22H28FNO2. The first-order valence-corrected chi connectivity index (χ1v) is 9.48. The van der Waals surface area contributed by atoms with Crippen LogP contribution in [0.15, 0.2) is 42.5 Å². The summed E-state index contributed by atoms with van der Waals surface area (Å²) >= 11 is 0. The molecule has 1 atom stereocenters. The Hall–Kier alpha value is -2.07. The predicted octanol–water partition coefficient (Wildman–Crippen LogP) is 5.35. The van der Waals surface area contributed by atoms with Crippen molar-refractivity contribution < 1.29 is 13.9 Å². The molecule has 2 aromatic carbocycles. The van der Waals surface area contributed by atoms with Gasteiger partial charge in [-0.15, -0.1) is 0 Å². The normalized spacial score (nSPS) is 17.7. The Kier molecular flexibility index (Phi) is 6.15. The number of nitrogens with zero attached hydrogens (tertiary/aromatic N) is 1. The molecule has 0 aliphatic carbocycles. The van der Waals surface area contributed by atoms with Gasteiger partial charge in [0, 0.05) is 12.6 Å². The fourth-order valence-corrected chi connectivity index (χ4v) is 3.61. The van der Waals surface area contributed by atoms with Gasteiger partial charge in [0.2, 0.25) is 0 Å². The second-order valence-electron chi connectivity index (χ2n) is 7.06. The maximum atomic E-state index is 13.6. The quantitative estimate of drug-likeness (QED) is 0.667. The summed E-state index contributed by atoms with van der Waals surface area (Å²) in [5.74, 6) is 1.41. The number of hydrogen-bond donors (Lipinski definition) is 0. The van der Waals surface area contributed by atoms with Crippen molar-refractivity contribution in [3.63, 3.8) is 0 Å². The van der Waals surface area contributed by atoms with Crippen molar-refractivity contribution in [2.75, 3.05) is 13.2 Å². The Labute approximate surface area is 155 Å². The summed E-state index contributed by atoms with van der Waals surface area (Å²) in [4.78, 5) is 2.42. The molecule has 0 bridgehead atoms. The van der Waals surface area contributed by atoms with Crippen LogP contribution >= 0.6 is 0 Å². The molecule has 4 heteroatoms. The van der Waals surface area contributed by atoms with Crippen molar-refractivity contribution in [1.82, 2.24) is 4.90 Å². The van der Waals surface area contributed by atoms with Gasteiger partial charge in [0.15, 0.2) is 11.5 Å². The lowest BCUT2D eigenvalue weighted by Gasteiger charge is -2.25. The van der Waals surface area contributed by atoms with Gasteiger partial charge in [-0.3, -0.25) is 4.90 Å². The summed E-state index contributed by atoms with van der Waals surface area (Å²) in [6.45, 7) is 8.45. The van der Waals surface area contributed by atoms with E-state index in [9.17, 15) is 4.39 Å². The van der Waals surface area contributed by atoms with Gasteiger partial charge in [-0.25, -0.2) is 4.39 Å². The Morgan fingerprint density at radius 1 is 1.15 bits per heavy atom. The van der Waals surface area contributed by atoms with E-state index in [2.05, 4.69) is 17.0 Å². The lowest BCUT2D eigenvalue weighted by molar-refractivity contribution is 0.222. The molecule has 26 heavy (non-hydrogen) atoms. The summed E-state index contributed by atoms with van der Waals surface area (Å²) in [7, 11) is 0. The molecule has 2 aromatic rings. The average Bonchev–Trinajstić information content (AvgIpc) is 3.05. The highest BCUT2D eigenvalue weighted by Gasteiger charge is 2.26. The molecule has 0 unspecified atom stereocenters. The minimum Gasteiger partial charge on any atom is -0.490 e. The van der Waals surface area contributed by atoms with Crippen LogP contribution in [0, 0.1) is 5.82 Å². The molecule has 1 aliphatic rings. The van der Waals surface area contributed by atoms with Gasteiger partial charge in [0.05, 0.1) is 12.7 Å². The first kappa shape index (κ1) is 18.7. The zero-order valence-corrected chi connectivity index (χ0v) is 15.9. The van der Waals surface area contributed by atoms with Crippen LogP contribution in [0.4, 0.5) is 4.39 Å². The van der Waals surface area contributed by atoms with E-state index < -0.39 is 0 Å². The van der Waals surface area contributed by atoms with Crippen LogP contribution in [0.5, 0.6) is 11.5 Å². The molecule has 140 valence electrons. The van der Waals surface area contributed by atoms with Gasteiger partial charge in [0.1, 0.15) is 5.82 Å². The monoisotopic (exact) mass is 357 g/mol. The number of rotatable bonds is 7. The number of likely N-dealkylation sites (tertiary alicyclic amines) is 1. The highest BCUT2D eigenvalue weighted by atomic mass is 19.1. The molecule has 0 N–H and O–H groups in total. The molecule has 0 aromatic heterocycles. The molecule has 0 radical (unpaired) electrons. The van der Waals surface area contributed by atoms with E-state index in [1.165, 1.54) is 11.6 Å². The van der Waals surface area contributed by atoms with Gasteiger partial charge >= 0.3 is 0 Å². The third kappa shape index (κ3) is 4.55. The van der Waals surface area contributed by atoms with E-state index >= 15 is 0 Å². The summed E-state index contributed by atoms with van der Waals surface area (Å²) in [6.07, 6.45) is 2.31. The summed E-state index contributed by atoms with van der Waals surface area (Å²) in [6, 6.07) is 13.4. The van der Waals surface area contributed by atoms with E-state index in [-0.39, 0.29) is 18.0 Å². The highest BCUT2D eigenvalue weighted by Crippen LogP contribution is 2.35. The largest absolute Gasteiger partial charge is 0.490 e. The van der Waals surface area contributed by atoms with Crippen LogP contribution < -0.4 is 9.47 Å². The van der Waals surface area contributed by atoms with E-state index in [1.807, 2.05) is 32.9 Å². The van der Waals surface area contributed by atoms with Gasteiger partial charge < -0.3 is 9.47 Å². The van der Waals surface area contributed by atoms with Crippen LogP contribution in [0.2, 0.25) is 0 Å². The molecule has 0 amide bonds. The first-order valence-electron chi connectivity index (χ1n) is 9.48. The van der Waals surface area contributed by atoms with Gasteiger partial charge in [-0.1, -0.05) is 18.2 Å². The second-order valence-corrected chi connectivity index (χ2v) is 7.06. The van der Waals surface area contributed by atoms with Crippen LogP contribution in [0.1, 0.15) is 50.8 Å². The zero-order chi connectivity index (χ0) is 18.5. The lowest BCUT2D eigenvalue weighted by Crippen LogP contribution is -2.23. The van der Waals surface area contributed by atoms with Crippen molar-refractivity contribution >= 4 is 0 Å². The molecule has 1 saturated heterocycles. The first-order chi connectivity index (χ1) is 12.6. The molecule has 0 saturated carbocycles. The minimum atomic E-state index is -0.164. The number of halogens is 1. The molecule has 1 fully saturated rings. The minimum absolute atomic E-state index is 0.107. The molecule has 0 spiro atoms. The predicted molar refractivity (Wildman–Crippen MR) is 102 cm³/mol. The van der Waals surface area contributed by atoms with Crippen LogP contribution in [0.3, 0.4) is 0 Å². The van der Waals surface area contributed by atoms with Crippen LogP contribution in [-0.4, -0.2) is 24.2 Å². The van der Waals surface area contributed by atoms with Gasteiger partial charge in [-0.05, 0) is 75.5 Å². The third-order valence-corrected chi connectivity index (χ3v) is 4.65. The van der Waals surface area contributed by atoms with E-state index in [1.54, 1.807) is 12.1 Å². The van der Waals surface area contributed by atoms with E-state index in [4.69, 9.17) is 9.47 Å². The third-order valence-electron chi connectivity index (χ3n) is 4.65. The molecule has 1 heterocycles. The van der Waals surface area contributed by atoms with E-state index in [0.29, 0.717) is 6.61 Å². The maximum absolute atomic E-state index is 13.6. The zero-order valence-electron chi connectivity index (χ0n) is 15.9. The van der Waals surface area contributed by atoms with Crippen LogP contribution in [0.25, 0.3) is 0 Å². The highest BCUT2D eigenvalue weighted by molar-refractivity contribution is 5.43. The van der Waals surface area contributed by atoms with Crippen molar-refractivity contribution in [2.24, 2.45) is 0 Å². The van der Waals surface area contributed by atoms with Crippen molar-refractivity contribution in [2.45, 2.75) is 52.3 Å². The molecule has 3 rings (SSSR count). The Balaban J connectivity index is 1.77. The van der Waals surface area contributed by atoms with Crippen LogP contribution in [-0.2, 0) is 6.54 Å². The molecule has 1 aliphatic heterocycles. The Morgan fingerprint density at radius 2 is 2.00 bits per heavy atom. The summed E-state index contributed by atoms with van der Waals surface area (Å²) < 4.78 is 25.2. The number of benzene rings is 2. The lowest BCUT2D eigenvalue weighted by atomic mass is 10.0. The van der Waals surface area contributed by atoms with Crippen molar-refractivity contribution in [3.05, 3.63) is 59.4 Å². The standard InChI is InChI=1S/C22H28FNO2/c1-4-25-22-13-17(10-11-21(22)26-16(2)3)15-24-12-6-9-20(24)18-7-5-8-19(23)14-18/h5,7-8,10-11,13-14,16,20H,4,6,9,12,15H2,1-3H3/t20-/m0/s1. The number of hydrogen-bond acceptors (Lipinski definition) is 3. The average molecular weight is 357 g/mol. The van der Waals surface area contributed by atoms with Crippen molar-refractivity contribution in [3.8, 4) is 11.5 Å². The van der Waals surface area contributed by atoms with Gasteiger partial charge in [0.25, 0.3) is 0 Å². The fraction of sp³-hybridized carbons (Fsp3) is 0.455. The number of ether oxygens (including phenoxy) is 2. The Morgan fingerprint density at radius 3 is 2.73 bits per heavy atom. The second kappa shape index (κ2) is 8.54. The summed E-state index contributed by atoms with van der Waals surface area (Å²) in [5, 5.41) is 0. The maximum Gasteiger partial charge on any atom is 0.161 e. The Bertz CT molecular complexity index is 732. The SMILES string of the molecule is CCOc1cc(CN2CCC[C@H]2c2cccc(F)c2)ccc1OC(C)C. The molecular weight excluding hydrogens is 329 g/mol. The fourth-order valence-electron chi connectivity index (χ4n) is 3.61. The smallest absolute Gasteiger partial charge is 0.161 e. The molecule has 3 nitrogen and oxygen atoms in total. The van der Waals surface area contributed by atoms with Crippen molar-refractivity contribution in [1.29, 1.82) is 0 Å².